The molecule has 0 radical (unpaired) electrons. The Labute approximate surface area is 123 Å². The maximum Gasteiger partial charge on any atom is 0.0602 e. The van der Waals surface area contributed by atoms with Gasteiger partial charge in [0.05, 0.1) is 11.4 Å². The lowest BCUT2D eigenvalue weighted by atomic mass is 10.2. The summed E-state index contributed by atoms with van der Waals surface area (Å²) in [5.74, 6) is 0. The van der Waals surface area contributed by atoms with Crippen LogP contribution in [0.25, 0.3) is 0 Å². The molecule has 2 nitrogen and oxygen atoms in total. The molecule has 2 aromatic carbocycles. The van der Waals surface area contributed by atoms with Gasteiger partial charge in [-0.2, -0.15) is 0 Å². The molecule has 2 aromatic rings. The van der Waals surface area contributed by atoms with E-state index in [1.807, 2.05) is 36.4 Å². The Morgan fingerprint density at radius 3 is 2.47 bits per heavy atom. The van der Waals surface area contributed by atoms with E-state index < -0.39 is 0 Å². The maximum atomic E-state index is 6.22. The van der Waals surface area contributed by atoms with Crippen molar-refractivity contribution < 1.29 is 0 Å². The van der Waals surface area contributed by atoms with Gasteiger partial charge in [-0.25, -0.2) is 0 Å². The minimum atomic E-state index is 0.649. The van der Waals surface area contributed by atoms with Crippen LogP contribution >= 0.6 is 23.2 Å². The molecule has 0 heterocycles. The number of benzene rings is 2. The Morgan fingerprint density at radius 2 is 1.84 bits per heavy atom. The molecule has 0 aliphatic carbocycles. The molecule has 0 atom stereocenters. The van der Waals surface area contributed by atoms with E-state index in [9.17, 15) is 0 Å². The Hall–Kier alpha value is -1.38. The minimum Gasteiger partial charge on any atom is -0.397 e. The molecule has 2 rings (SSSR count). The molecule has 0 amide bonds. The van der Waals surface area contributed by atoms with Gasteiger partial charge in [0.25, 0.3) is 0 Å². The molecule has 0 saturated heterocycles. The van der Waals surface area contributed by atoms with Crippen LogP contribution in [0.3, 0.4) is 0 Å². The standard InChI is InChI=1S/C15H16Cl2N2/c1-2-19(15-6-4-3-5-14(15)18)10-11-7-8-12(16)9-13(11)17/h3-9H,2,10,18H2,1H3. The summed E-state index contributed by atoms with van der Waals surface area (Å²) in [6, 6.07) is 13.4. The van der Waals surface area contributed by atoms with E-state index >= 15 is 0 Å². The van der Waals surface area contributed by atoms with Gasteiger partial charge >= 0.3 is 0 Å². The van der Waals surface area contributed by atoms with Crippen molar-refractivity contribution in [1.82, 2.24) is 0 Å². The average molecular weight is 295 g/mol. The van der Waals surface area contributed by atoms with Crippen molar-refractivity contribution in [1.29, 1.82) is 0 Å². The van der Waals surface area contributed by atoms with Gasteiger partial charge in [-0.15, -0.1) is 0 Å². The van der Waals surface area contributed by atoms with Crippen LogP contribution in [-0.4, -0.2) is 6.54 Å². The summed E-state index contributed by atoms with van der Waals surface area (Å²) in [6.45, 7) is 3.66. The van der Waals surface area contributed by atoms with Crippen LogP contribution in [0.2, 0.25) is 10.0 Å². The van der Waals surface area contributed by atoms with E-state index in [-0.39, 0.29) is 0 Å². The third kappa shape index (κ3) is 3.34. The smallest absolute Gasteiger partial charge is 0.0602 e. The van der Waals surface area contributed by atoms with Crippen molar-refractivity contribution in [2.75, 3.05) is 17.2 Å². The van der Waals surface area contributed by atoms with Crippen LogP contribution in [0.5, 0.6) is 0 Å². The van der Waals surface area contributed by atoms with E-state index in [1.165, 1.54) is 0 Å². The summed E-state index contributed by atoms with van der Waals surface area (Å²) in [4.78, 5) is 2.18. The lowest BCUT2D eigenvalue weighted by Gasteiger charge is -2.25. The highest BCUT2D eigenvalue weighted by Gasteiger charge is 2.10. The lowest BCUT2D eigenvalue weighted by Crippen LogP contribution is -2.23. The zero-order chi connectivity index (χ0) is 13.8. The molecule has 0 unspecified atom stereocenters. The number of para-hydroxylation sites is 2. The summed E-state index contributed by atoms with van der Waals surface area (Å²) in [5.41, 5.74) is 8.85. The quantitative estimate of drug-likeness (QED) is 0.835. The van der Waals surface area contributed by atoms with Crippen molar-refractivity contribution in [3.63, 3.8) is 0 Å². The second kappa shape index (κ2) is 6.18. The molecule has 0 saturated carbocycles. The van der Waals surface area contributed by atoms with Gasteiger partial charge in [0.1, 0.15) is 0 Å². The third-order valence-corrected chi connectivity index (χ3v) is 3.62. The average Bonchev–Trinajstić information content (AvgIpc) is 2.39. The number of rotatable bonds is 4. The molecular weight excluding hydrogens is 279 g/mol. The second-order valence-electron chi connectivity index (χ2n) is 4.31. The number of halogens is 2. The fraction of sp³-hybridized carbons (Fsp3) is 0.200. The van der Waals surface area contributed by atoms with Crippen LogP contribution < -0.4 is 10.6 Å². The number of nitrogens with two attached hydrogens (primary N) is 1. The third-order valence-electron chi connectivity index (χ3n) is 3.04. The van der Waals surface area contributed by atoms with E-state index in [2.05, 4.69) is 11.8 Å². The molecule has 19 heavy (non-hydrogen) atoms. The summed E-state index contributed by atoms with van der Waals surface area (Å²) in [7, 11) is 0. The van der Waals surface area contributed by atoms with Gasteiger partial charge in [0.15, 0.2) is 0 Å². The maximum absolute atomic E-state index is 6.22. The SMILES string of the molecule is CCN(Cc1ccc(Cl)cc1Cl)c1ccccc1N. The summed E-state index contributed by atoms with van der Waals surface area (Å²) in [5, 5.41) is 1.33. The molecule has 0 bridgehead atoms. The zero-order valence-corrected chi connectivity index (χ0v) is 12.2. The number of nitrogen functional groups attached to an aromatic ring is 1. The normalized spacial score (nSPS) is 10.5. The largest absolute Gasteiger partial charge is 0.397 e. The monoisotopic (exact) mass is 294 g/mol. The summed E-state index contributed by atoms with van der Waals surface area (Å²) in [6.07, 6.45) is 0. The number of nitrogens with zero attached hydrogens (tertiary/aromatic N) is 1. The van der Waals surface area contributed by atoms with Crippen LogP contribution in [0.1, 0.15) is 12.5 Å². The van der Waals surface area contributed by atoms with Crippen LogP contribution in [0, 0.1) is 0 Å². The van der Waals surface area contributed by atoms with E-state index in [0.29, 0.717) is 16.6 Å². The van der Waals surface area contributed by atoms with Gasteiger partial charge in [0, 0.05) is 23.1 Å². The lowest BCUT2D eigenvalue weighted by molar-refractivity contribution is 0.833. The highest BCUT2D eigenvalue weighted by Crippen LogP contribution is 2.27. The second-order valence-corrected chi connectivity index (χ2v) is 5.15. The first-order valence-electron chi connectivity index (χ1n) is 6.15. The topological polar surface area (TPSA) is 29.3 Å². The Bertz CT molecular complexity index is 570. The van der Waals surface area contributed by atoms with Gasteiger partial charge in [-0.05, 0) is 36.8 Å². The van der Waals surface area contributed by atoms with Crippen molar-refractivity contribution in [3.05, 3.63) is 58.1 Å². The highest BCUT2D eigenvalue weighted by atomic mass is 35.5. The molecule has 0 fully saturated rings. The Balaban J connectivity index is 2.27. The molecule has 0 aliphatic rings. The molecular formula is C15H16Cl2N2. The van der Waals surface area contributed by atoms with Crippen molar-refractivity contribution in [2.45, 2.75) is 13.5 Å². The molecule has 2 N–H and O–H groups in total. The van der Waals surface area contributed by atoms with Crippen molar-refractivity contribution >= 4 is 34.6 Å². The van der Waals surface area contributed by atoms with E-state index in [4.69, 9.17) is 28.9 Å². The number of hydrogen-bond donors (Lipinski definition) is 1. The molecule has 0 spiro atoms. The minimum absolute atomic E-state index is 0.649. The first kappa shape index (κ1) is 14.0. The van der Waals surface area contributed by atoms with Crippen molar-refractivity contribution in [3.8, 4) is 0 Å². The zero-order valence-electron chi connectivity index (χ0n) is 10.7. The predicted molar refractivity (Wildman–Crippen MR) is 84.0 cm³/mol. The first-order valence-corrected chi connectivity index (χ1v) is 6.90. The predicted octanol–water partition coefficient (Wildman–Crippen LogP) is 4.60. The van der Waals surface area contributed by atoms with E-state index in [1.54, 1.807) is 6.07 Å². The molecule has 4 heteroatoms. The van der Waals surface area contributed by atoms with Crippen LogP contribution in [0.15, 0.2) is 42.5 Å². The van der Waals surface area contributed by atoms with E-state index in [0.717, 1.165) is 23.5 Å². The molecule has 0 aliphatic heterocycles. The van der Waals surface area contributed by atoms with Crippen LogP contribution in [-0.2, 0) is 6.54 Å². The van der Waals surface area contributed by atoms with Gasteiger partial charge < -0.3 is 10.6 Å². The Morgan fingerprint density at radius 1 is 1.11 bits per heavy atom. The van der Waals surface area contributed by atoms with Crippen LogP contribution in [0.4, 0.5) is 11.4 Å². The molecule has 0 aromatic heterocycles. The fourth-order valence-corrected chi connectivity index (χ4v) is 2.47. The van der Waals surface area contributed by atoms with Crippen molar-refractivity contribution in [2.24, 2.45) is 0 Å². The number of anilines is 2. The van der Waals surface area contributed by atoms with Gasteiger partial charge in [-0.3, -0.25) is 0 Å². The molecule has 100 valence electrons. The Kier molecular flexibility index (Phi) is 4.56. The number of hydrogen-bond acceptors (Lipinski definition) is 2. The first-order chi connectivity index (χ1) is 9.11. The summed E-state index contributed by atoms with van der Waals surface area (Å²) < 4.78 is 0. The highest BCUT2D eigenvalue weighted by molar-refractivity contribution is 6.35. The van der Waals surface area contributed by atoms with Gasteiger partial charge in [0.2, 0.25) is 0 Å². The summed E-state index contributed by atoms with van der Waals surface area (Å²) >= 11 is 12.1. The van der Waals surface area contributed by atoms with Gasteiger partial charge in [-0.1, -0.05) is 41.4 Å². The fourth-order valence-electron chi connectivity index (χ4n) is 2.00.